The molecule has 0 radical (unpaired) electrons. The molecule has 0 atom stereocenters. The van der Waals surface area contributed by atoms with Crippen molar-refractivity contribution >= 4 is 0 Å². The van der Waals surface area contributed by atoms with Crippen LogP contribution in [0.4, 0.5) is 0 Å². The molecule has 1 fully saturated rings. The lowest BCUT2D eigenvalue weighted by Crippen LogP contribution is -2.27. The number of hydrogen-bond acceptors (Lipinski definition) is 2. The first-order valence-electron chi connectivity index (χ1n) is 6.65. The molecule has 1 aliphatic heterocycles. The van der Waals surface area contributed by atoms with Gasteiger partial charge in [0.2, 0.25) is 0 Å². The Morgan fingerprint density at radius 3 is 2.56 bits per heavy atom. The van der Waals surface area contributed by atoms with Crippen molar-refractivity contribution in [2.24, 2.45) is 0 Å². The first-order valence-corrected chi connectivity index (χ1v) is 6.65. The zero-order valence-electron chi connectivity index (χ0n) is 10.7. The van der Waals surface area contributed by atoms with E-state index in [1.165, 1.54) is 35.2 Å². The normalized spacial score (nSPS) is 16.9. The number of aromatic nitrogens is 2. The molecule has 0 bridgehead atoms. The summed E-state index contributed by atoms with van der Waals surface area (Å²) in [6.07, 6.45) is 4.35. The monoisotopic (exact) mass is 241 g/mol. The molecule has 3 heteroatoms. The smallest absolute Gasteiger partial charge is 0.0568 e. The largest absolute Gasteiger partial charge is 0.317 e. The van der Waals surface area contributed by atoms with Gasteiger partial charge in [0.15, 0.2) is 0 Å². The molecule has 0 spiro atoms. The fourth-order valence-corrected chi connectivity index (χ4v) is 2.68. The minimum absolute atomic E-state index is 0.616. The van der Waals surface area contributed by atoms with Crippen molar-refractivity contribution in [2.75, 3.05) is 13.1 Å². The topological polar surface area (TPSA) is 40.7 Å². The maximum absolute atomic E-state index is 4.25. The van der Waals surface area contributed by atoms with Crippen molar-refractivity contribution < 1.29 is 0 Å². The molecule has 1 saturated heterocycles. The van der Waals surface area contributed by atoms with E-state index in [4.69, 9.17) is 0 Å². The lowest BCUT2D eigenvalue weighted by Gasteiger charge is -2.22. The summed E-state index contributed by atoms with van der Waals surface area (Å²) in [6, 6.07) is 8.69. The maximum Gasteiger partial charge on any atom is 0.0568 e. The van der Waals surface area contributed by atoms with Gasteiger partial charge in [-0.15, -0.1) is 0 Å². The molecule has 1 aliphatic rings. The van der Waals surface area contributed by atoms with Crippen LogP contribution in [0.25, 0.3) is 11.1 Å². The first kappa shape index (κ1) is 11.5. The minimum atomic E-state index is 0.616. The molecular weight excluding hydrogens is 222 g/mol. The van der Waals surface area contributed by atoms with E-state index in [0.717, 1.165) is 13.1 Å². The van der Waals surface area contributed by atoms with Gasteiger partial charge in [0, 0.05) is 17.2 Å². The standard InChI is InChI=1S/C15H19N3/c1-11-2-4-12(5-3-11)14-10-17-18-15(14)13-6-8-16-9-7-13/h2-5,10,13,16H,6-9H2,1H3,(H,17,18). The molecule has 1 aromatic carbocycles. The Morgan fingerprint density at radius 2 is 1.83 bits per heavy atom. The predicted octanol–water partition coefficient (Wildman–Crippen LogP) is 2.85. The average molecular weight is 241 g/mol. The van der Waals surface area contributed by atoms with Gasteiger partial charge in [0.05, 0.1) is 6.20 Å². The van der Waals surface area contributed by atoms with Crippen molar-refractivity contribution in [3.05, 3.63) is 41.7 Å². The van der Waals surface area contributed by atoms with Crippen LogP contribution in [0.5, 0.6) is 0 Å². The summed E-state index contributed by atoms with van der Waals surface area (Å²) >= 11 is 0. The number of aromatic amines is 1. The van der Waals surface area contributed by atoms with Crippen LogP contribution in [0.1, 0.15) is 30.0 Å². The second-order valence-corrected chi connectivity index (χ2v) is 5.09. The molecule has 2 heterocycles. The molecule has 18 heavy (non-hydrogen) atoms. The lowest BCUT2D eigenvalue weighted by molar-refractivity contribution is 0.453. The van der Waals surface area contributed by atoms with Gasteiger partial charge in [-0.3, -0.25) is 5.10 Å². The van der Waals surface area contributed by atoms with Crippen LogP contribution in [0, 0.1) is 6.92 Å². The van der Waals surface area contributed by atoms with Gasteiger partial charge in [-0.25, -0.2) is 0 Å². The van der Waals surface area contributed by atoms with Crippen LogP contribution >= 0.6 is 0 Å². The predicted molar refractivity (Wildman–Crippen MR) is 73.6 cm³/mol. The highest BCUT2D eigenvalue weighted by Gasteiger charge is 2.20. The number of H-pyrrole nitrogens is 1. The summed E-state index contributed by atoms with van der Waals surface area (Å²) in [7, 11) is 0. The molecule has 2 aromatic rings. The van der Waals surface area contributed by atoms with E-state index in [-0.39, 0.29) is 0 Å². The Morgan fingerprint density at radius 1 is 1.11 bits per heavy atom. The highest BCUT2D eigenvalue weighted by Crippen LogP contribution is 2.32. The van der Waals surface area contributed by atoms with Gasteiger partial charge < -0.3 is 5.32 Å². The summed E-state index contributed by atoms with van der Waals surface area (Å²) in [5.74, 6) is 0.616. The molecule has 3 nitrogen and oxygen atoms in total. The zero-order valence-corrected chi connectivity index (χ0v) is 10.7. The second-order valence-electron chi connectivity index (χ2n) is 5.09. The molecule has 0 unspecified atom stereocenters. The maximum atomic E-state index is 4.25. The van der Waals surface area contributed by atoms with Crippen LogP contribution in [-0.4, -0.2) is 23.3 Å². The third-order valence-corrected chi connectivity index (χ3v) is 3.78. The van der Waals surface area contributed by atoms with Gasteiger partial charge in [-0.1, -0.05) is 29.8 Å². The summed E-state index contributed by atoms with van der Waals surface area (Å²) in [6.45, 7) is 4.33. The van der Waals surface area contributed by atoms with Gasteiger partial charge in [-0.2, -0.15) is 5.10 Å². The van der Waals surface area contributed by atoms with Crippen molar-refractivity contribution in [3.8, 4) is 11.1 Å². The summed E-state index contributed by atoms with van der Waals surface area (Å²) < 4.78 is 0. The number of piperidine rings is 1. The summed E-state index contributed by atoms with van der Waals surface area (Å²) in [4.78, 5) is 0. The Labute approximate surface area is 108 Å². The molecular formula is C15H19N3. The zero-order chi connectivity index (χ0) is 12.4. The number of hydrogen-bond donors (Lipinski definition) is 2. The molecule has 1 aromatic heterocycles. The molecule has 0 amide bonds. The Bertz CT molecular complexity index is 507. The number of aryl methyl sites for hydroxylation is 1. The SMILES string of the molecule is Cc1ccc(-c2cn[nH]c2C2CCNCC2)cc1. The Hall–Kier alpha value is -1.61. The van der Waals surface area contributed by atoms with E-state index >= 15 is 0 Å². The molecule has 3 rings (SSSR count). The van der Waals surface area contributed by atoms with Gasteiger partial charge in [0.25, 0.3) is 0 Å². The van der Waals surface area contributed by atoms with Crippen LogP contribution < -0.4 is 5.32 Å². The third kappa shape index (κ3) is 2.18. The number of nitrogens with zero attached hydrogens (tertiary/aromatic N) is 1. The first-order chi connectivity index (χ1) is 8.84. The van der Waals surface area contributed by atoms with Crippen LogP contribution in [0.3, 0.4) is 0 Å². The quantitative estimate of drug-likeness (QED) is 0.848. The highest BCUT2D eigenvalue weighted by molar-refractivity contribution is 5.66. The summed E-state index contributed by atoms with van der Waals surface area (Å²) in [5, 5.41) is 10.9. The van der Waals surface area contributed by atoms with Crippen molar-refractivity contribution in [2.45, 2.75) is 25.7 Å². The van der Waals surface area contributed by atoms with Gasteiger partial charge in [0.1, 0.15) is 0 Å². The van der Waals surface area contributed by atoms with Crippen LogP contribution in [-0.2, 0) is 0 Å². The third-order valence-electron chi connectivity index (χ3n) is 3.78. The van der Waals surface area contributed by atoms with Crippen molar-refractivity contribution in [1.29, 1.82) is 0 Å². The Kier molecular flexibility index (Phi) is 3.15. The molecule has 0 saturated carbocycles. The molecule has 94 valence electrons. The second kappa shape index (κ2) is 4.94. The number of rotatable bonds is 2. The Balaban J connectivity index is 1.93. The number of nitrogens with one attached hydrogen (secondary N) is 2. The summed E-state index contributed by atoms with van der Waals surface area (Å²) in [5.41, 5.74) is 5.13. The van der Waals surface area contributed by atoms with E-state index in [1.54, 1.807) is 0 Å². The lowest BCUT2D eigenvalue weighted by atomic mass is 9.90. The van der Waals surface area contributed by atoms with E-state index in [9.17, 15) is 0 Å². The molecule has 2 N–H and O–H groups in total. The minimum Gasteiger partial charge on any atom is -0.317 e. The van der Waals surface area contributed by atoms with Crippen LogP contribution in [0.15, 0.2) is 30.5 Å². The molecule has 0 aliphatic carbocycles. The van der Waals surface area contributed by atoms with Crippen molar-refractivity contribution in [1.82, 2.24) is 15.5 Å². The van der Waals surface area contributed by atoms with E-state index < -0.39 is 0 Å². The highest BCUT2D eigenvalue weighted by atomic mass is 15.1. The number of benzene rings is 1. The average Bonchev–Trinajstić information content (AvgIpc) is 2.90. The van der Waals surface area contributed by atoms with E-state index in [0.29, 0.717) is 5.92 Å². The van der Waals surface area contributed by atoms with Crippen LogP contribution in [0.2, 0.25) is 0 Å². The fraction of sp³-hybridized carbons (Fsp3) is 0.400. The fourth-order valence-electron chi connectivity index (χ4n) is 2.68. The van der Waals surface area contributed by atoms with Gasteiger partial charge >= 0.3 is 0 Å². The van der Waals surface area contributed by atoms with E-state index in [1.807, 2.05) is 6.20 Å². The van der Waals surface area contributed by atoms with E-state index in [2.05, 4.69) is 46.7 Å². The van der Waals surface area contributed by atoms with Gasteiger partial charge in [-0.05, 0) is 38.4 Å². The van der Waals surface area contributed by atoms with Crippen molar-refractivity contribution in [3.63, 3.8) is 0 Å².